The summed E-state index contributed by atoms with van der Waals surface area (Å²) in [6.07, 6.45) is 0. The minimum atomic E-state index is -4.48. The van der Waals surface area contributed by atoms with Gasteiger partial charge in [0.25, 0.3) is 10.1 Å². The van der Waals surface area contributed by atoms with Crippen LogP contribution in [0.15, 0.2) is 102 Å². The first-order valence-corrected chi connectivity index (χ1v) is 13.7. The van der Waals surface area contributed by atoms with Crippen LogP contribution in [0.5, 0.6) is 11.5 Å². The topological polar surface area (TPSA) is 72.8 Å². The normalized spacial score (nSPS) is 11.8. The van der Waals surface area contributed by atoms with E-state index in [9.17, 15) is 13.0 Å². The van der Waals surface area contributed by atoms with Gasteiger partial charge in [-0.25, -0.2) is 0 Å². The number of hydrogen-bond donors (Lipinski definition) is 1. The van der Waals surface area contributed by atoms with Gasteiger partial charge >= 0.3 is 0 Å². The van der Waals surface area contributed by atoms with Crippen molar-refractivity contribution in [3.8, 4) is 11.5 Å². The van der Waals surface area contributed by atoms with Crippen LogP contribution in [0, 0.1) is 0 Å². The Bertz CT molecular complexity index is 1580. The average molecular weight is 503 g/mol. The second-order valence-corrected chi connectivity index (χ2v) is 11.5. The van der Waals surface area contributed by atoms with Crippen molar-refractivity contribution in [1.82, 2.24) is 0 Å². The van der Waals surface area contributed by atoms with E-state index in [4.69, 9.17) is 9.47 Å². The highest BCUT2D eigenvalue weighted by Crippen LogP contribution is 2.44. The molecular weight excluding hydrogens is 479 g/mol. The van der Waals surface area contributed by atoms with Crippen molar-refractivity contribution in [3.63, 3.8) is 0 Å². The summed E-state index contributed by atoms with van der Waals surface area (Å²) in [6, 6.07) is 30.3. The third-order valence-electron chi connectivity index (χ3n) is 5.99. The molecule has 0 atom stereocenters. The number of methoxy groups -OCH3 is 2. The van der Waals surface area contributed by atoms with Crippen molar-refractivity contribution in [2.24, 2.45) is 0 Å². The minimum Gasteiger partial charge on any atom is -0.495 e. The van der Waals surface area contributed by atoms with Crippen molar-refractivity contribution in [2.75, 3.05) is 14.2 Å². The molecule has 5 nitrogen and oxygen atoms in total. The van der Waals surface area contributed by atoms with Crippen molar-refractivity contribution in [2.45, 2.75) is 4.90 Å². The zero-order valence-electron chi connectivity index (χ0n) is 19.2. The van der Waals surface area contributed by atoms with Gasteiger partial charge in [-0.1, -0.05) is 78.9 Å². The molecular formula is C28H23O5PS. The standard InChI is InChI=1S/C28H23O5PS/c1-32-27-21-11-5-3-9-19(21)15-17-24(27)34(23-13-7-8-14-26(23)35(29,30)31)25-18-16-20-10-4-6-12-22(20)28(25)33-2/h3-18H,1-2H3,(H,29,30,31). The number of hydrogen-bond acceptors (Lipinski definition) is 4. The predicted octanol–water partition coefficient (Wildman–Crippen LogP) is 5.02. The molecule has 35 heavy (non-hydrogen) atoms. The Morgan fingerprint density at radius 3 is 1.54 bits per heavy atom. The summed E-state index contributed by atoms with van der Waals surface area (Å²) in [4.78, 5) is -0.128. The summed E-state index contributed by atoms with van der Waals surface area (Å²) >= 11 is 0. The summed E-state index contributed by atoms with van der Waals surface area (Å²) < 4.78 is 46.9. The summed E-state index contributed by atoms with van der Waals surface area (Å²) in [6.45, 7) is 0. The number of benzene rings is 5. The molecule has 0 amide bonds. The molecule has 5 rings (SSSR count). The first-order valence-electron chi connectivity index (χ1n) is 10.9. The molecule has 0 aliphatic heterocycles. The molecule has 0 aliphatic rings. The van der Waals surface area contributed by atoms with Crippen LogP contribution < -0.4 is 25.4 Å². The summed E-state index contributed by atoms with van der Waals surface area (Å²) in [5.41, 5.74) is 0. The highest BCUT2D eigenvalue weighted by atomic mass is 32.2. The molecule has 0 heterocycles. The Labute approximate surface area is 205 Å². The average Bonchev–Trinajstić information content (AvgIpc) is 2.88. The van der Waals surface area contributed by atoms with Crippen LogP contribution in [-0.4, -0.2) is 27.2 Å². The maximum atomic E-state index is 12.5. The van der Waals surface area contributed by atoms with Gasteiger partial charge in [0.2, 0.25) is 0 Å². The Morgan fingerprint density at radius 2 is 1.06 bits per heavy atom. The van der Waals surface area contributed by atoms with Crippen molar-refractivity contribution < 1.29 is 22.4 Å². The Hall–Kier alpha value is -3.44. The monoisotopic (exact) mass is 502 g/mol. The Balaban J connectivity index is 1.92. The summed E-state index contributed by atoms with van der Waals surface area (Å²) in [5, 5.41) is 6.00. The lowest BCUT2D eigenvalue weighted by Crippen LogP contribution is -2.27. The zero-order chi connectivity index (χ0) is 24.6. The fourth-order valence-electron chi connectivity index (χ4n) is 4.49. The predicted molar refractivity (Wildman–Crippen MR) is 143 cm³/mol. The third-order valence-corrected chi connectivity index (χ3v) is 9.59. The number of ether oxygens (including phenoxy) is 2. The zero-order valence-corrected chi connectivity index (χ0v) is 20.9. The smallest absolute Gasteiger partial charge is 0.295 e. The van der Waals surface area contributed by atoms with E-state index in [1.54, 1.807) is 32.4 Å². The van der Waals surface area contributed by atoms with Gasteiger partial charge in [0.15, 0.2) is 0 Å². The minimum absolute atomic E-state index is 0.128. The summed E-state index contributed by atoms with van der Waals surface area (Å²) in [7, 11) is -2.77. The van der Waals surface area contributed by atoms with Gasteiger partial charge in [0.05, 0.1) is 14.2 Å². The quantitative estimate of drug-likeness (QED) is 0.261. The van der Waals surface area contributed by atoms with E-state index in [1.165, 1.54) is 6.07 Å². The molecule has 0 fully saturated rings. The third kappa shape index (κ3) is 4.14. The second kappa shape index (κ2) is 9.31. The first-order chi connectivity index (χ1) is 16.9. The van der Waals surface area contributed by atoms with Gasteiger partial charge < -0.3 is 9.47 Å². The highest BCUT2D eigenvalue weighted by Gasteiger charge is 2.30. The first kappa shape index (κ1) is 23.3. The van der Waals surface area contributed by atoms with E-state index in [0.717, 1.165) is 32.2 Å². The highest BCUT2D eigenvalue weighted by molar-refractivity contribution is 7.88. The van der Waals surface area contributed by atoms with Gasteiger partial charge in [0, 0.05) is 26.7 Å². The van der Waals surface area contributed by atoms with Crippen LogP contribution >= 0.6 is 7.92 Å². The van der Waals surface area contributed by atoms with Crippen LogP contribution in [0.4, 0.5) is 0 Å². The van der Waals surface area contributed by atoms with Crippen LogP contribution in [0.3, 0.4) is 0 Å². The van der Waals surface area contributed by atoms with E-state index in [2.05, 4.69) is 0 Å². The fourth-order valence-corrected chi connectivity index (χ4v) is 8.28. The lowest BCUT2D eigenvalue weighted by atomic mass is 10.1. The maximum Gasteiger partial charge on any atom is 0.295 e. The van der Waals surface area contributed by atoms with E-state index >= 15 is 0 Å². The van der Waals surface area contributed by atoms with Crippen LogP contribution in [0.2, 0.25) is 0 Å². The molecule has 7 heteroatoms. The molecule has 0 radical (unpaired) electrons. The summed E-state index contributed by atoms with van der Waals surface area (Å²) in [5.74, 6) is 1.32. The lowest BCUT2D eigenvalue weighted by Gasteiger charge is -2.26. The van der Waals surface area contributed by atoms with E-state index in [0.29, 0.717) is 16.8 Å². The second-order valence-electron chi connectivity index (χ2n) is 7.96. The maximum absolute atomic E-state index is 12.5. The molecule has 176 valence electrons. The van der Waals surface area contributed by atoms with E-state index in [1.807, 2.05) is 72.8 Å². The van der Waals surface area contributed by atoms with Gasteiger partial charge in [-0.3, -0.25) is 4.55 Å². The molecule has 0 saturated carbocycles. The van der Waals surface area contributed by atoms with Crippen molar-refractivity contribution in [1.29, 1.82) is 0 Å². The molecule has 1 N–H and O–H groups in total. The number of fused-ring (bicyclic) bond motifs is 2. The van der Waals surface area contributed by atoms with Gasteiger partial charge in [0.1, 0.15) is 16.4 Å². The Kier molecular flexibility index (Phi) is 6.20. The largest absolute Gasteiger partial charge is 0.495 e. The molecule has 0 unspecified atom stereocenters. The number of rotatable bonds is 6. The van der Waals surface area contributed by atoms with Gasteiger partial charge in [-0.05, 0) is 36.9 Å². The molecule has 0 saturated heterocycles. The molecule has 5 aromatic rings. The molecule has 0 spiro atoms. The SMILES string of the molecule is COc1c(P(c2ccccc2S(=O)(=O)O)c2ccc3ccccc3c2OC)ccc2ccccc12. The Morgan fingerprint density at radius 1 is 0.600 bits per heavy atom. The van der Waals surface area contributed by atoms with Gasteiger partial charge in [-0.15, -0.1) is 0 Å². The fraction of sp³-hybridized carbons (Fsp3) is 0.0714. The lowest BCUT2D eigenvalue weighted by molar-refractivity contribution is 0.422. The van der Waals surface area contributed by atoms with Crippen LogP contribution in [-0.2, 0) is 10.1 Å². The van der Waals surface area contributed by atoms with E-state index in [-0.39, 0.29) is 4.90 Å². The van der Waals surface area contributed by atoms with Crippen LogP contribution in [0.1, 0.15) is 0 Å². The van der Waals surface area contributed by atoms with Crippen molar-refractivity contribution in [3.05, 3.63) is 97.1 Å². The molecule has 0 aliphatic carbocycles. The van der Waals surface area contributed by atoms with Crippen LogP contribution in [0.25, 0.3) is 21.5 Å². The molecule has 0 aromatic heterocycles. The molecule has 0 bridgehead atoms. The molecule has 5 aromatic carbocycles. The van der Waals surface area contributed by atoms with Crippen molar-refractivity contribution >= 4 is 55.5 Å². The van der Waals surface area contributed by atoms with E-state index < -0.39 is 18.0 Å². The van der Waals surface area contributed by atoms with Gasteiger partial charge in [-0.2, -0.15) is 8.42 Å².